The van der Waals surface area contributed by atoms with Gasteiger partial charge in [0.15, 0.2) is 23.0 Å². The van der Waals surface area contributed by atoms with E-state index in [1.54, 1.807) is 75.2 Å². The highest BCUT2D eigenvalue weighted by Crippen LogP contribution is 2.67. The van der Waals surface area contributed by atoms with Crippen LogP contribution in [0.5, 0.6) is 46.0 Å². The lowest BCUT2D eigenvalue weighted by Crippen LogP contribution is -2.47. The first kappa shape index (κ1) is 105. The number of nitrogens with zero attached hydrogens (tertiary/aromatic N) is 4. The number of carbonyl (C=O) groups excluding carboxylic acids is 2. The van der Waals surface area contributed by atoms with Gasteiger partial charge in [0.2, 0.25) is 0 Å². The lowest BCUT2D eigenvalue weighted by Gasteiger charge is -2.54. The van der Waals surface area contributed by atoms with E-state index < -0.39 is 0 Å². The zero-order valence-electron chi connectivity index (χ0n) is 81.1. The lowest BCUT2D eigenvalue weighted by atomic mass is 9.51. The number of Topliss-reactive ketones (excluding diaryl/α,β-unsaturated/α-hetero) is 1. The van der Waals surface area contributed by atoms with Crippen LogP contribution in [0.25, 0.3) is 21.8 Å². The van der Waals surface area contributed by atoms with Gasteiger partial charge in [0.05, 0.1) is 148 Å². The van der Waals surface area contributed by atoms with E-state index in [2.05, 4.69) is 114 Å². The SMILES string of the molecule is CO.COc1cc2c(Nc3cccc(F)c3)ncnc2cc1OCCOCCOCCOCCOC/C(=C/NCCOc1ccc([C@H]2C[C@@]3(C)C(CC[C@@H]3O)C3CCc4cc(O)ccc4C32)cc1)NN.COc1cc2c(Nc3cccc(F)c3)ncnc2cc1OCCOCCOCCOCCOC/C(=C/NCCOc1ccc([C@H]2C[C@]3(C)C(=O)CCC3C3CCc4cc(OC(C)=O)ccc4C32)cc1)NN. The van der Waals surface area contributed by atoms with E-state index in [4.69, 9.17) is 87.8 Å². The number of nitrogens with two attached hydrogens (primary N) is 2. The first-order chi connectivity index (χ1) is 68.9. The summed E-state index contributed by atoms with van der Waals surface area (Å²) in [5.74, 6) is 19.4. The first-order valence-electron chi connectivity index (χ1n) is 48.5. The van der Waals surface area contributed by atoms with E-state index in [0.29, 0.717) is 264 Å². The normalized spacial score (nSPS) is 20.9. The molecular formula is C107H134F2N12O20. The second kappa shape index (κ2) is 52.5. The minimum absolute atomic E-state index is 0.0886. The summed E-state index contributed by atoms with van der Waals surface area (Å²) < 4.78 is 113. The molecule has 10 aromatic rings. The van der Waals surface area contributed by atoms with Gasteiger partial charge in [0, 0.05) is 85.6 Å². The van der Waals surface area contributed by atoms with E-state index in [1.807, 2.05) is 36.4 Å². The number of aromatic hydroxyl groups is 1. The number of nitrogens with one attached hydrogen (secondary N) is 6. The molecule has 2 heterocycles. The van der Waals surface area contributed by atoms with Crippen LogP contribution in [0, 0.1) is 46.1 Å². The number of ketones is 1. The van der Waals surface area contributed by atoms with Gasteiger partial charge in [-0.15, -0.1) is 0 Å². The molecule has 0 spiro atoms. The molecule has 6 aliphatic carbocycles. The number of rotatable bonds is 51. The molecule has 2 aromatic heterocycles. The zero-order valence-corrected chi connectivity index (χ0v) is 81.1. The lowest BCUT2D eigenvalue weighted by molar-refractivity contribution is -0.132. The number of esters is 1. The van der Waals surface area contributed by atoms with Gasteiger partial charge in [0.1, 0.15) is 91.1 Å². The summed E-state index contributed by atoms with van der Waals surface area (Å²) in [5.41, 5.74) is 16.4. The van der Waals surface area contributed by atoms with E-state index >= 15 is 0 Å². The van der Waals surface area contributed by atoms with Gasteiger partial charge < -0.3 is 118 Å². The number of aliphatic hydroxyl groups excluding tert-OH is 2. The number of hydrogen-bond acceptors (Lipinski definition) is 32. The number of methoxy groups -OCH3 is 2. The van der Waals surface area contributed by atoms with Crippen LogP contribution in [-0.2, 0) is 60.3 Å². The molecule has 0 saturated heterocycles. The highest BCUT2D eigenvalue weighted by molar-refractivity contribution is 5.94. The molecule has 0 aliphatic heterocycles. The van der Waals surface area contributed by atoms with Gasteiger partial charge in [0.25, 0.3) is 0 Å². The summed E-state index contributed by atoms with van der Waals surface area (Å²) in [7, 11) is 4.11. The molecule has 11 atom stereocenters. The highest BCUT2D eigenvalue weighted by Gasteiger charge is 2.60. The molecule has 0 radical (unpaired) electrons. The van der Waals surface area contributed by atoms with E-state index in [-0.39, 0.29) is 66.2 Å². The molecule has 34 heteroatoms. The number of phenols is 1. The Kier molecular flexibility index (Phi) is 39.0. The van der Waals surface area contributed by atoms with Gasteiger partial charge in [-0.1, -0.05) is 62.4 Å². The van der Waals surface area contributed by atoms with E-state index in [1.165, 1.54) is 77.2 Å². The number of halogens is 2. The van der Waals surface area contributed by atoms with Crippen LogP contribution in [0.1, 0.15) is 129 Å². The number of hydrogen-bond donors (Lipinski definition) is 11. The summed E-state index contributed by atoms with van der Waals surface area (Å²) in [5, 5.41) is 42.6. The molecule has 16 rings (SSSR count). The van der Waals surface area contributed by atoms with Crippen molar-refractivity contribution in [2.75, 3.05) is 177 Å². The van der Waals surface area contributed by atoms with Crippen LogP contribution in [0.15, 0.2) is 194 Å². The topological polar surface area (TPSA) is 409 Å². The molecule has 141 heavy (non-hydrogen) atoms. The number of anilines is 4. The van der Waals surface area contributed by atoms with Crippen LogP contribution < -0.4 is 77.0 Å². The third-order valence-electron chi connectivity index (χ3n) is 27.6. The van der Waals surface area contributed by atoms with Gasteiger partial charge in [-0.05, 0) is 241 Å². The van der Waals surface area contributed by atoms with Crippen molar-refractivity contribution in [2.24, 2.45) is 46.2 Å². The van der Waals surface area contributed by atoms with Crippen molar-refractivity contribution in [1.29, 1.82) is 0 Å². The van der Waals surface area contributed by atoms with E-state index in [0.717, 1.165) is 76.4 Å². The Bertz CT molecular complexity index is 5760. The van der Waals surface area contributed by atoms with Crippen molar-refractivity contribution >= 4 is 56.6 Å². The average molecular weight is 1950 g/mol. The standard InChI is InChI=1S/C54H65FN6O10.C52H65FN6O9.CH4O/c1-35(62)71-42-12-14-43-37(27-42)9-13-44-47-15-16-51(63)54(47,2)31-46(52(43)44)36-7-10-41(11-8-36)69-18-17-57-32-40(61-56)33-68-24-23-66-20-19-65-21-22-67-25-26-70-50-30-48-45(29-49(50)64-3)53(59-34-58-48)60-39-6-4-5-38(55)28-39;1-52-30-44(50-41-13-9-39(60)26-35(41)8-12-42(50)45(52)14-15-49(52)61)34-6-10-40(11-7-34)67-17-16-55-31-38(59-54)32-66-23-22-64-19-18-63-20-21-65-24-25-68-48-29-46-43(28-47(48)62-2)51(57-33-56-46)58-37-5-3-4-36(53)27-37;1-2/h4-8,10-12,14,27-30,32,34,44,46-47,52,57,61H,9,13,15-26,31,33,56H2,1-3H3,(H,58,59,60);3-7,9-11,13,26-29,31,33,42,44-45,49-50,55,59-61H,8,12,14-25,30,32,54H2,1-2H3,(H,56,57,58);2H,1H3/b40-32-;38-31-;/t44?,46-,47?,52?,54+;42?,44-,45?,49+,50?,52+;/m11./s1. The fourth-order valence-corrected chi connectivity index (χ4v) is 21.1. The van der Waals surface area contributed by atoms with Crippen LogP contribution in [0.4, 0.5) is 31.8 Å². The van der Waals surface area contributed by atoms with Gasteiger partial charge >= 0.3 is 5.97 Å². The maximum absolute atomic E-state index is 13.7. The summed E-state index contributed by atoms with van der Waals surface area (Å²) >= 11 is 0. The van der Waals surface area contributed by atoms with Gasteiger partial charge in [-0.3, -0.25) is 21.3 Å². The summed E-state index contributed by atoms with van der Waals surface area (Å²) in [4.78, 5) is 42.4. The first-order valence-corrected chi connectivity index (χ1v) is 48.5. The number of ether oxygens (including phenoxy) is 15. The molecule has 4 saturated carbocycles. The molecule has 4 fully saturated rings. The van der Waals surface area contributed by atoms with Crippen molar-refractivity contribution in [3.63, 3.8) is 0 Å². The van der Waals surface area contributed by atoms with Gasteiger partial charge in [-0.25, -0.2) is 28.7 Å². The maximum Gasteiger partial charge on any atom is 0.308 e. The number of hydrazine groups is 2. The van der Waals surface area contributed by atoms with Crippen molar-refractivity contribution in [3.8, 4) is 46.0 Å². The quantitative estimate of drug-likeness (QED) is 0.00554. The Morgan fingerprint density at radius 3 is 1.37 bits per heavy atom. The zero-order chi connectivity index (χ0) is 98.9. The van der Waals surface area contributed by atoms with Crippen LogP contribution in [0.3, 0.4) is 0 Å². The van der Waals surface area contributed by atoms with Crippen LogP contribution >= 0.6 is 0 Å². The number of phenolic OH excluding ortho intramolecular Hbond substituents is 1. The molecule has 0 amide bonds. The van der Waals surface area contributed by atoms with Crippen LogP contribution in [0.2, 0.25) is 0 Å². The Morgan fingerprint density at radius 1 is 0.468 bits per heavy atom. The second-order valence-corrected chi connectivity index (χ2v) is 36.2. The maximum atomic E-state index is 13.7. The number of aliphatic hydroxyl groups is 2. The Balaban J connectivity index is 0.000000221. The summed E-state index contributed by atoms with van der Waals surface area (Å²) in [6.07, 6.45) is 15.5. The van der Waals surface area contributed by atoms with Crippen molar-refractivity contribution in [3.05, 3.63) is 239 Å². The number of benzene rings is 8. The Morgan fingerprint density at radius 2 is 0.908 bits per heavy atom. The predicted molar refractivity (Wildman–Crippen MR) is 530 cm³/mol. The molecule has 6 unspecified atom stereocenters. The monoisotopic (exact) mass is 1940 g/mol. The third kappa shape index (κ3) is 27.8. The minimum atomic E-state index is -0.351. The highest BCUT2D eigenvalue weighted by atomic mass is 19.1. The van der Waals surface area contributed by atoms with Crippen molar-refractivity contribution in [1.82, 2.24) is 41.4 Å². The Hall–Kier alpha value is -12.2. The molecule has 8 aromatic carbocycles. The number of fused-ring (bicyclic) bond motifs is 12. The second-order valence-electron chi connectivity index (χ2n) is 36.2. The summed E-state index contributed by atoms with van der Waals surface area (Å²) in [6.45, 7) is 14.7. The predicted octanol–water partition coefficient (Wildman–Crippen LogP) is 14.5. The molecular weight excluding hydrogens is 1810 g/mol. The fourth-order valence-electron chi connectivity index (χ4n) is 21.1. The molecule has 32 nitrogen and oxygen atoms in total. The Labute approximate surface area is 821 Å². The van der Waals surface area contributed by atoms with Crippen molar-refractivity contribution in [2.45, 2.75) is 115 Å². The third-order valence-corrected chi connectivity index (χ3v) is 27.6. The minimum Gasteiger partial charge on any atom is -0.508 e. The number of aromatic nitrogens is 4. The molecule has 6 aliphatic rings. The van der Waals surface area contributed by atoms with E-state index in [9.17, 15) is 28.6 Å². The largest absolute Gasteiger partial charge is 0.508 e. The number of aryl methyl sites for hydroxylation is 2. The summed E-state index contributed by atoms with van der Waals surface area (Å²) in [6, 6.07) is 48.3. The average Bonchev–Trinajstić information content (AvgIpc) is 1.64. The molecule has 756 valence electrons. The van der Waals surface area contributed by atoms with Gasteiger partial charge in [-0.2, -0.15) is 0 Å². The smallest absolute Gasteiger partial charge is 0.308 e. The fraction of sp³-hybridized carbons (Fsp3) is 0.458. The molecule has 13 N–H and O–H groups in total. The number of carbonyl (C=O) groups is 2. The van der Waals surface area contributed by atoms with Crippen molar-refractivity contribution < 1.29 is 105 Å². The molecule has 0 bridgehead atoms. The van der Waals surface area contributed by atoms with Crippen LogP contribution in [-0.4, -0.2) is 220 Å².